The lowest BCUT2D eigenvalue weighted by Crippen LogP contribution is -2.62. The Morgan fingerprint density at radius 3 is 2.56 bits per heavy atom. The molecule has 1 aliphatic heterocycles. The summed E-state index contributed by atoms with van der Waals surface area (Å²) >= 11 is 0. The summed E-state index contributed by atoms with van der Waals surface area (Å²) in [7, 11) is 1.25. The molecule has 25 heavy (non-hydrogen) atoms. The lowest BCUT2D eigenvalue weighted by Gasteiger charge is -2.37. The van der Waals surface area contributed by atoms with E-state index in [1.165, 1.54) is 7.11 Å². The number of ketones is 1. The molecule has 0 saturated carbocycles. The van der Waals surface area contributed by atoms with Crippen LogP contribution in [0, 0.1) is 5.92 Å². The summed E-state index contributed by atoms with van der Waals surface area (Å²) < 4.78 is 10.1. The van der Waals surface area contributed by atoms with Gasteiger partial charge in [0, 0.05) is 18.7 Å². The number of nitrogens with zero attached hydrogens (tertiary/aromatic N) is 1. The first-order valence-electron chi connectivity index (χ1n) is 8.24. The Labute approximate surface area is 147 Å². The van der Waals surface area contributed by atoms with E-state index in [1.807, 2.05) is 0 Å². The van der Waals surface area contributed by atoms with Gasteiger partial charge in [-0.25, -0.2) is 4.79 Å². The average Bonchev–Trinajstić information content (AvgIpc) is 3.01. The zero-order valence-corrected chi connectivity index (χ0v) is 14.6. The molecule has 0 aliphatic carbocycles. The molecule has 0 N–H and O–H groups in total. The summed E-state index contributed by atoms with van der Waals surface area (Å²) in [5.41, 5.74) is -1.39. The molecule has 6 heteroatoms. The normalized spacial score (nSPS) is 23.0. The Hall–Kier alpha value is -2.47. The van der Waals surface area contributed by atoms with E-state index < -0.39 is 29.2 Å². The quantitative estimate of drug-likeness (QED) is 0.325. The van der Waals surface area contributed by atoms with Crippen LogP contribution >= 0.6 is 0 Å². The minimum absolute atomic E-state index is 0.110. The van der Waals surface area contributed by atoms with Crippen LogP contribution in [0.1, 0.15) is 23.7 Å². The molecule has 6 nitrogen and oxygen atoms in total. The molecule has 1 fully saturated rings. The number of esters is 2. The number of hydrogen-bond acceptors (Lipinski definition) is 6. The van der Waals surface area contributed by atoms with Crippen LogP contribution in [0.5, 0.6) is 0 Å². The highest BCUT2D eigenvalue weighted by Gasteiger charge is 2.63. The van der Waals surface area contributed by atoms with Crippen molar-refractivity contribution in [2.75, 3.05) is 26.8 Å². The summed E-state index contributed by atoms with van der Waals surface area (Å²) in [6.07, 6.45) is 1.93. The molecular weight excluding hydrogens is 322 g/mol. The largest absolute Gasteiger partial charge is 0.469 e. The summed E-state index contributed by atoms with van der Waals surface area (Å²) in [4.78, 5) is 40.4. The summed E-state index contributed by atoms with van der Waals surface area (Å²) in [6, 6.07) is 8.46. The Morgan fingerprint density at radius 1 is 1.32 bits per heavy atom. The highest BCUT2D eigenvalue weighted by atomic mass is 16.5. The number of methoxy groups -OCH3 is 1. The SMILES string of the molecule is C=CCN1CCC(C(=O)OC)C1(C(=O)OCC)C(=O)c1ccccc1. The van der Waals surface area contributed by atoms with E-state index in [4.69, 9.17) is 9.47 Å². The topological polar surface area (TPSA) is 72.9 Å². The molecule has 1 heterocycles. The van der Waals surface area contributed by atoms with Gasteiger partial charge in [-0.05, 0) is 13.3 Å². The van der Waals surface area contributed by atoms with Crippen LogP contribution in [0.2, 0.25) is 0 Å². The molecule has 1 saturated heterocycles. The number of Topliss-reactive ketones (excluding diaryl/α,β-unsaturated/α-hetero) is 1. The second-order valence-corrected chi connectivity index (χ2v) is 5.78. The van der Waals surface area contributed by atoms with Gasteiger partial charge in [0.05, 0.1) is 19.6 Å². The Balaban J connectivity index is 2.64. The van der Waals surface area contributed by atoms with Crippen LogP contribution in [-0.2, 0) is 19.1 Å². The maximum Gasteiger partial charge on any atom is 0.335 e. The standard InChI is InChI=1S/C19H23NO5/c1-4-12-20-13-11-15(17(22)24-3)19(20,18(23)25-5-2)16(21)14-9-7-6-8-10-14/h4,6-10,15H,1,5,11-13H2,2-3H3. The van der Waals surface area contributed by atoms with Crippen LogP contribution in [0.3, 0.4) is 0 Å². The summed E-state index contributed by atoms with van der Waals surface area (Å²) in [5.74, 6) is -2.70. The third kappa shape index (κ3) is 3.22. The molecule has 0 amide bonds. The van der Waals surface area contributed by atoms with E-state index in [0.717, 1.165) is 0 Å². The lowest BCUT2D eigenvalue weighted by atomic mass is 9.78. The molecule has 1 aromatic rings. The monoisotopic (exact) mass is 345 g/mol. The fraction of sp³-hybridized carbons (Fsp3) is 0.421. The van der Waals surface area contributed by atoms with E-state index in [-0.39, 0.29) is 13.2 Å². The fourth-order valence-electron chi connectivity index (χ4n) is 3.43. The predicted molar refractivity (Wildman–Crippen MR) is 92.0 cm³/mol. The zero-order chi connectivity index (χ0) is 18.4. The molecule has 0 spiro atoms. The van der Waals surface area contributed by atoms with Crippen LogP contribution in [0.4, 0.5) is 0 Å². The maximum absolute atomic E-state index is 13.4. The van der Waals surface area contributed by atoms with Gasteiger partial charge in [0.25, 0.3) is 0 Å². The Morgan fingerprint density at radius 2 is 2.00 bits per heavy atom. The number of carbonyl (C=O) groups is 3. The average molecular weight is 345 g/mol. The summed E-state index contributed by atoms with van der Waals surface area (Å²) in [5, 5.41) is 0. The van der Waals surface area contributed by atoms with Gasteiger partial charge in [0.1, 0.15) is 0 Å². The highest BCUT2D eigenvalue weighted by Crippen LogP contribution is 2.40. The molecule has 0 bridgehead atoms. The van der Waals surface area contributed by atoms with Crippen LogP contribution in [-0.4, -0.2) is 55.0 Å². The highest BCUT2D eigenvalue weighted by molar-refractivity contribution is 6.19. The van der Waals surface area contributed by atoms with Crippen molar-refractivity contribution in [2.24, 2.45) is 5.92 Å². The predicted octanol–water partition coefficient (Wildman–Crippen LogP) is 1.85. The zero-order valence-electron chi connectivity index (χ0n) is 14.6. The van der Waals surface area contributed by atoms with Gasteiger partial charge in [-0.15, -0.1) is 6.58 Å². The van der Waals surface area contributed by atoms with E-state index in [0.29, 0.717) is 18.5 Å². The van der Waals surface area contributed by atoms with Crippen LogP contribution in [0.25, 0.3) is 0 Å². The first-order chi connectivity index (χ1) is 12.0. The summed E-state index contributed by atoms with van der Waals surface area (Å²) in [6.45, 7) is 6.15. The molecule has 2 atom stereocenters. The third-order valence-electron chi connectivity index (χ3n) is 4.49. The smallest absolute Gasteiger partial charge is 0.335 e. The Kier molecular flexibility index (Phi) is 6.09. The van der Waals surface area contributed by atoms with Crippen molar-refractivity contribution in [1.82, 2.24) is 4.90 Å². The van der Waals surface area contributed by atoms with Crippen molar-refractivity contribution in [3.8, 4) is 0 Å². The van der Waals surface area contributed by atoms with Gasteiger partial charge in [0.15, 0.2) is 11.3 Å². The van der Waals surface area contributed by atoms with Crippen molar-refractivity contribution in [2.45, 2.75) is 18.9 Å². The minimum Gasteiger partial charge on any atom is -0.469 e. The van der Waals surface area contributed by atoms with E-state index in [2.05, 4.69) is 6.58 Å². The van der Waals surface area contributed by atoms with Crippen molar-refractivity contribution >= 4 is 17.7 Å². The van der Waals surface area contributed by atoms with Gasteiger partial charge >= 0.3 is 11.9 Å². The van der Waals surface area contributed by atoms with Gasteiger partial charge in [-0.2, -0.15) is 0 Å². The molecule has 0 radical (unpaired) electrons. The minimum atomic E-state index is -1.74. The van der Waals surface area contributed by atoms with Gasteiger partial charge in [0.2, 0.25) is 0 Å². The van der Waals surface area contributed by atoms with Crippen molar-refractivity contribution in [1.29, 1.82) is 0 Å². The van der Waals surface area contributed by atoms with Crippen molar-refractivity contribution in [3.63, 3.8) is 0 Å². The molecule has 2 unspecified atom stereocenters. The fourth-order valence-corrected chi connectivity index (χ4v) is 3.43. The third-order valence-corrected chi connectivity index (χ3v) is 4.49. The van der Waals surface area contributed by atoms with Crippen molar-refractivity contribution in [3.05, 3.63) is 48.6 Å². The first kappa shape index (κ1) is 18.9. The van der Waals surface area contributed by atoms with E-state index in [1.54, 1.807) is 48.2 Å². The maximum atomic E-state index is 13.4. The van der Waals surface area contributed by atoms with Crippen molar-refractivity contribution < 1.29 is 23.9 Å². The molecule has 2 rings (SSSR count). The van der Waals surface area contributed by atoms with Crippen LogP contribution < -0.4 is 0 Å². The number of ether oxygens (including phenoxy) is 2. The second-order valence-electron chi connectivity index (χ2n) is 5.78. The Bertz CT molecular complexity index is 657. The van der Waals surface area contributed by atoms with Crippen LogP contribution in [0.15, 0.2) is 43.0 Å². The molecule has 134 valence electrons. The number of hydrogen-bond donors (Lipinski definition) is 0. The van der Waals surface area contributed by atoms with E-state index in [9.17, 15) is 14.4 Å². The molecule has 1 aliphatic rings. The van der Waals surface area contributed by atoms with Gasteiger partial charge < -0.3 is 9.47 Å². The number of rotatable bonds is 7. The number of likely N-dealkylation sites (tertiary alicyclic amines) is 1. The van der Waals surface area contributed by atoms with Gasteiger partial charge in [-0.1, -0.05) is 36.4 Å². The first-order valence-corrected chi connectivity index (χ1v) is 8.24. The molecular formula is C19H23NO5. The lowest BCUT2D eigenvalue weighted by molar-refractivity contribution is -0.162. The molecule has 0 aromatic heterocycles. The van der Waals surface area contributed by atoms with E-state index >= 15 is 0 Å². The molecule has 1 aromatic carbocycles. The second kappa shape index (κ2) is 8.07. The number of carbonyl (C=O) groups excluding carboxylic acids is 3. The van der Waals surface area contributed by atoms with Gasteiger partial charge in [-0.3, -0.25) is 14.5 Å². The number of benzene rings is 1.